The van der Waals surface area contributed by atoms with E-state index in [9.17, 15) is 44.4 Å². The summed E-state index contributed by atoms with van der Waals surface area (Å²) in [5, 5.41) is 51.1. The van der Waals surface area contributed by atoms with Crippen molar-refractivity contribution in [2.75, 3.05) is 19.8 Å². The van der Waals surface area contributed by atoms with Crippen LogP contribution in [-0.2, 0) is 35.1 Å². The van der Waals surface area contributed by atoms with Crippen LogP contribution in [0.4, 0.5) is 0 Å². The van der Waals surface area contributed by atoms with Gasteiger partial charge in [-0.2, -0.15) is 9.59 Å². The molecular formula is C30H27NO15. The van der Waals surface area contributed by atoms with Crippen LogP contribution < -0.4 is 10.7 Å². The van der Waals surface area contributed by atoms with Crippen molar-refractivity contribution in [2.45, 2.75) is 32.2 Å². The highest BCUT2D eigenvalue weighted by molar-refractivity contribution is 6.30. The molecule has 242 valence electrons. The van der Waals surface area contributed by atoms with Gasteiger partial charge >= 0.3 is 18.1 Å². The lowest BCUT2D eigenvalue weighted by Crippen LogP contribution is -2.40. The first kappa shape index (κ1) is 34.5. The fourth-order valence-corrected chi connectivity index (χ4v) is 4.47. The Morgan fingerprint density at radius 2 is 1.65 bits per heavy atom. The van der Waals surface area contributed by atoms with Crippen molar-refractivity contribution in [3.8, 4) is 23.0 Å². The van der Waals surface area contributed by atoms with Crippen molar-refractivity contribution < 1.29 is 68.2 Å². The van der Waals surface area contributed by atoms with Gasteiger partial charge in [0.1, 0.15) is 30.1 Å². The van der Waals surface area contributed by atoms with Crippen molar-refractivity contribution >= 4 is 46.3 Å². The molecule has 1 amide bonds. The molecule has 1 aliphatic rings. The number of carbonyl (C=O) groups excluding carboxylic acids is 5. The van der Waals surface area contributed by atoms with E-state index in [0.717, 1.165) is 18.4 Å². The number of carbonyl (C=O) groups is 4. The summed E-state index contributed by atoms with van der Waals surface area (Å²) >= 11 is 0. The Hall–Kier alpha value is -5.99. The Balaban J connectivity index is 0.00000185. The number of fused-ring (bicyclic) bond motifs is 2. The number of aliphatic carboxylic acids is 1. The summed E-state index contributed by atoms with van der Waals surface area (Å²) in [7, 11) is 0. The number of ether oxygens (including phenoxy) is 2. The number of phenolic OH excluding ortho intramolecular Hbond substituents is 4. The number of carboxylic acid groups (broad SMARTS) is 1. The van der Waals surface area contributed by atoms with Crippen LogP contribution in [0.1, 0.15) is 51.6 Å². The van der Waals surface area contributed by atoms with Crippen molar-refractivity contribution in [1.82, 2.24) is 5.32 Å². The number of Topliss-reactive ketones (excluding diaryl/α,β-unsaturated/α-hetero) is 1. The molecule has 0 radical (unpaired) electrons. The largest absolute Gasteiger partial charge is 0.504 e. The second-order valence-corrected chi connectivity index (χ2v) is 9.57. The summed E-state index contributed by atoms with van der Waals surface area (Å²) in [6, 6.07) is 2.19. The van der Waals surface area contributed by atoms with Crippen LogP contribution in [0.15, 0.2) is 39.7 Å². The number of hydrogen-bond acceptors (Lipinski definition) is 14. The van der Waals surface area contributed by atoms with Crippen molar-refractivity contribution in [2.24, 2.45) is 0 Å². The molecule has 1 aromatic heterocycles. The molecule has 1 atom stereocenters. The highest BCUT2D eigenvalue weighted by atomic mass is 16.6. The molecular weight excluding hydrogens is 614 g/mol. The van der Waals surface area contributed by atoms with Gasteiger partial charge in [-0.1, -0.05) is 13.0 Å². The van der Waals surface area contributed by atoms with Crippen LogP contribution in [0.3, 0.4) is 0 Å². The van der Waals surface area contributed by atoms with Gasteiger partial charge in [0.15, 0.2) is 28.8 Å². The molecule has 4 rings (SSSR count). The quantitative estimate of drug-likeness (QED) is 0.0981. The van der Waals surface area contributed by atoms with Gasteiger partial charge in [0.2, 0.25) is 11.3 Å². The molecule has 0 saturated heterocycles. The van der Waals surface area contributed by atoms with Crippen LogP contribution in [0.25, 0.3) is 16.5 Å². The Labute approximate surface area is 258 Å². The molecule has 0 aliphatic heterocycles. The predicted octanol–water partition coefficient (Wildman–Crippen LogP) is 1.40. The average molecular weight is 642 g/mol. The third-order valence-corrected chi connectivity index (χ3v) is 6.70. The van der Waals surface area contributed by atoms with E-state index in [1.807, 2.05) is 0 Å². The highest BCUT2D eigenvalue weighted by Gasteiger charge is 2.29. The van der Waals surface area contributed by atoms with E-state index >= 15 is 0 Å². The molecule has 6 N–H and O–H groups in total. The Bertz CT molecular complexity index is 1820. The number of amides is 1. The number of phenols is 4. The van der Waals surface area contributed by atoms with Gasteiger partial charge in [-0.15, -0.1) is 0 Å². The molecule has 16 heteroatoms. The summed E-state index contributed by atoms with van der Waals surface area (Å²) in [6.07, 6.45) is 2.80. The van der Waals surface area contributed by atoms with Gasteiger partial charge < -0.3 is 44.7 Å². The molecule has 0 spiro atoms. The predicted molar refractivity (Wildman–Crippen MR) is 152 cm³/mol. The number of carboxylic acids is 1. The van der Waals surface area contributed by atoms with Crippen LogP contribution in [0.2, 0.25) is 0 Å². The van der Waals surface area contributed by atoms with Crippen LogP contribution >= 0.6 is 0 Å². The van der Waals surface area contributed by atoms with Crippen molar-refractivity contribution in [1.29, 1.82) is 0 Å². The van der Waals surface area contributed by atoms with E-state index in [4.69, 9.17) is 28.6 Å². The topological polar surface area (TPSA) is 264 Å². The molecule has 0 saturated carbocycles. The molecule has 16 nitrogen and oxygen atoms in total. The van der Waals surface area contributed by atoms with Gasteiger partial charge in [0.25, 0.3) is 0 Å². The molecule has 0 fully saturated rings. The molecule has 1 aliphatic carbocycles. The summed E-state index contributed by atoms with van der Waals surface area (Å²) in [5.41, 5.74) is -1.79. The summed E-state index contributed by atoms with van der Waals surface area (Å²) in [5.74, 6) is -6.26. The van der Waals surface area contributed by atoms with Crippen molar-refractivity contribution in [3.05, 3.63) is 63.0 Å². The van der Waals surface area contributed by atoms with E-state index in [1.54, 1.807) is 6.92 Å². The number of nitrogens with one attached hydrogen (secondary N) is 1. The Morgan fingerprint density at radius 3 is 2.30 bits per heavy atom. The van der Waals surface area contributed by atoms with E-state index < -0.39 is 69.0 Å². The van der Waals surface area contributed by atoms with E-state index in [1.165, 1.54) is 12.1 Å². The van der Waals surface area contributed by atoms with E-state index in [2.05, 4.69) is 5.32 Å². The maximum absolute atomic E-state index is 13.6. The first-order chi connectivity index (χ1) is 21.9. The molecule has 0 bridgehead atoms. The van der Waals surface area contributed by atoms with Gasteiger partial charge in [0, 0.05) is 23.6 Å². The van der Waals surface area contributed by atoms with Gasteiger partial charge in [-0.05, 0) is 30.5 Å². The summed E-state index contributed by atoms with van der Waals surface area (Å²) in [4.78, 5) is 78.8. The summed E-state index contributed by atoms with van der Waals surface area (Å²) < 4.78 is 15.8. The first-order valence-corrected chi connectivity index (χ1v) is 13.4. The molecule has 2 aromatic carbocycles. The molecule has 0 unspecified atom stereocenters. The maximum atomic E-state index is 13.6. The number of hydrogen-bond donors (Lipinski definition) is 6. The van der Waals surface area contributed by atoms with E-state index in [0.29, 0.717) is 5.56 Å². The second-order valence-electron chi connectivity index (χ2n) is 9.57. The smallest absolute Gasteiger partial charge is 0.373 e. The van der Waals surface area contributed by atoms with Gasteiger partial charge in [-0.3, -0.25) is 14.4 Å². The number of allylic oxidation sites excluding steroid dienone is 2. The number of rotatable bonds is 11. The SMILES string of the molecule is CC[C@H](NC(=O)CCOCCOC(=O)c1c(O)c(O)cc2occ(C3=CCc4cc(O)c(O)cc4C3=O)c(=O)c12)C(=O)O.O=C=O. The lowest BCUT2D eigenvalue weighted by Gasteiger charge is -2.17. The van der Waals surface area contributed by atoms with Crippen LogP contribution in [0, 0.1) is 0 Å². The zero-order valence-electron chi connectivity index (χ0n) is 24.0. The number of benzene rings is 2. The van der Waals surface area contributed by atoms with E-state index in [-0.39, 0.29) is 67.5 Å². The van der Waals surface area contributed by atoms with Gasteiger partial charge in [-0.25, -0.2) is 9.59 Å². The maximum Gasteiger partial charge on any atom is 0.373 e. The lowest BCUT2D eigenvalue weighted by atomic mass is 9.86. The molecule has 46 heavy (non-hydrogen) atoms. The minimum atomic E-state index is -1.22. The second kappa shape index (κ2) is 15.1. The normalized spacial score (nSPS) is 12.5. The number of aromatic hydroxyl groups is 4. The van der Waals surface area contributed by atoms with Gasteiger partial charge in [0.05, 0.1) is 24.2 Å². The zero-order valence-corrected chi connectivity index (χ0v) is 24.0. The van der Waals surface area contributed by atoms with Crippen molar-refractivity contribution in [3.63, 3.8) is 0 Å². The fourth-order valence-electron chi connectivity index (χ4n) is 4.47. The zero-order chi connectivity index (χ0) is 34.1. The highest BCUT2D eigenvalue weighted by Crippen LogP contribution is 2.37. The standard InChI is InChI=1S/C29H27NO13.CO2/c1-2-17(28(38)39)30-22(34)5-6-41-7-8-42-29(40)24-23-21(11-20(33)27(24)37)43-12-16(26(23)36)14-4-3-13-9-18(31)19(32)10-15(13)25(14)35;2-1-3/h4,9-12,17,31-33,37H,2-3,5-8H2,1H3,(H,30,34)(H,38,39);/t17-;/m0./s1. The number of esters is 1. The monoisotopic (exact) mass is 641 g/mol. The first-order valence-electron chi connectivity index (χ1n) is 13.4. The molecule has 3 aromatic rings. The third kappa shape index (κ3) is 7.56. The van der Waals surface area contributed by atoms with Crippen LogP contribution in [0.5, 0.6) is 23.0 Å². The minimum Gasteiger partial charge on any atom is -0.504 e. The Kier molecular flexibility index (Phi) is 11.4. The fraction of sp³-hybridized carbons (Fsp3) is 0.267. The third-order valence-electron chi connectivity index (χ3n) is 6.70. The average Bonchev–Trinajstić information content (AvgIpc) is 3.00. The molecule has 1 heterocycles. The summed E-state index contributed by atoms with van der Waals surface area (Å²) in [6.45, 7) is 0.908. The van der Waals surface area contributed by atoms with Crippen LogP contribution in [-0.4, -0.2) is 81.2 Å². The Morgan fingerprint density at radius 1 is 0.978 bits per heavy atom. The lowest BCUT2D eigenvalue weighted by molar-refractivity contribution is -0.191. The minimum absolute atomic E-state index is 0.0463. The number of ketones is 1.